The van der Waals surface area contributed by atoms with Crippen molar-refractivity contribution in [2.45, 2.75) is 18.1 Å². The summed E-state index contributed by atoms with van der Waals surface area (Å²) in [5.41, 5.74) is 1.25. The van der Waals surface area contributed by atoms with Crippen molar-refractivity contribution in [1.29, 1.82) is 0 Å². The molecule has 0 aliphatic carbocycles. The van der Waals surface area contributed by atoms with Crippen LogP contribution in [0, 0.1) is 0 Å². The SMILES string of the molecule is CCNC(CSc1ncccn1)c1ccc(OC)cc1. The topological polar surface area (TPSA) is 47.0 Å². The first-order valence-corrected chi connectivity index (χ1v) is 7.59. The molecule has 0 radical (unpaired) electrons. The van der Waals surface area contributed by atoms with Gasteiger partial charge in [-0.2, -0.15) is 0 Å². The second kappa shape index (κ2) is 7.87. The number of rotatable bonds is 7. The van der Waals surface area contributed by atoms with E-state index < -0.39 is 0 Å². The lowest BCUT2D eigenvalue weighted by molar-refractivity contribution is 0.414. The number of aromatic nitrogens is 2. The average Bonchev–Trinajstić information content (AvgIpc) is 2.52. The highest BCUT2D eigenvalue weighted by molar-refractivity contribution is 7.99. The smallest absolute Gasteiger partial charge is 0.187 e. The van der Waals surface area contributed by atoms with E-state index in [9.17, 15) is 0 Å². The minimum absolute atomic E-state index is 0.278. The first-order chi connectivity index (χ1) is 9.83. The molecule has 0 aliphatic heterocycles. The van der Waals surface area contributed by atoms with Gasteiger partial charge in [0, 0.05) is 24.2 Å². The van der Waals surface area contributed by atoms with Crippen LogP contribution in [0.25, 0.3) is 0 Å². The van der Waals surface area contributed by atoms with Gasteiger partial charge in [0.2, 0.25) is 0 Å². The second-order valence-corrected chi connectivity index (χ2v) is 5.21. The summed E-state index contributed by atoms with van der Waals surface area (Å²) in [4.78, 5) is 8.47. The van der Waals surface area contributed by atoms with E-state index in [1.54, 1.807) is 31.3 Å². The summed E-state index contributed by atoms with van der Waals surface area (Å²) in [5.74, 6) is 1.77. The standard InChI is InChI=1S/C15H19N3OS/c1-3-16-14(11-20-15-17-9-4-10-18-15)12-5-7-13(19-2)8-6-12/h4-10,14,16H,3,11H2,1-2H3. The van der Waals surface area contributed by atoms with Crippen molar-refractivity contribution < 1.29 is 4.74 Å². The molecule has 20 heavy (non-hydrogen) atoms. The Labute approximate surface area is 124 Å². The molecule has 4 nitrogen and oxygen atoms in total. The molecule has 1 atom stereocenters. The molecule has 2 rings (SSSR count). The van der Waals surface area contributed by atoms with Crippen LogP contribution in [0.4, 0.5) is 0 Å². The fourth-order valence-corrected chi connectivity index (χ4v) is 2.77. The molecular weight excluding hydrogens is 270 g/mol. The fourth-order valence-electron chi connectivity index (χ4n) is 1.87. The normalized spacial score (nSPS) is 12.1. The van der Waals surface area contributed by atoms with Crippen LogP contribution in [0.3, 0.4) is 0 Å². The molecule has 0 spiro atoms. The summed E-state index contributed by atoms with van der Waals surface area (Å²) >= 11 is 1.66. The third-order valence-electron chi connectivity index (χ3n) is 2.89. The highest BCUT2D eigenvalue weighted by Gasteiger charge is 2.11. The Balaban J connectivity index is 2.02. The Bertz CT molecular complexity index is 504. The van der Waals surface area contributed by atoms with Gasteiger partial charge in [-0.3, -0.25) is 0 Å². The second-order valence-electron chi connectivity index (χ2n) is 4.23. The van der Waals surface area contributed by atoms with E-state index in [1.807, 2.05) is 18.2 Å². The van der Waals surface area contributed by atoms with Gasteiger partial charge in [-0.1, -0.05) is 30.8 Å². The lowest BCUT2D eigenvalue weighted by atomic mass is 10.1. The van der Waals surface area contributed by atoms with Gasteiger partial charge in [0.25, 0.3) is 0 Å². The Morgan fingerprint density at radius 2 is 1.90 bits per heavy atom. The molecule has 2 aromatic rings. The Kier molecular flexibility index (Phi) is 5.83. The van der Waals surface area contributed by atoms with E-state index in [0.717, 1.165) is 23.2 Å². The van der Waals surface area contributed by atoms with Gasteiger partial charge in [-0.15, -0.1) is 0 Å². The zero-order valence-corrected chi connectivity index (χ0v) is 12.6. The molecule has 1 aromatic carbocycles. The van der Waals surface area contributed by atoms with E-state index in [1.165, 1.54) is 5.56 Å². The van der Waals surface area contributed by atoms with Crippen LogP contribution < -0.4 is 10.1 Å². The number of methoxy groups -OCH3 is 1. The van der Waals surface area contributed by atoms with Crippen LogP contribution in [-0.2, 0) is 0 Å². The lowest BCUT2D eigenvalue weighted by Gasteiger charge is -2.17. The molecular formula is C15H19N3OS. The fraction of sp³-hybridized carbons (Fsp3) is 0.333. The van der Waals surface area contributed by atoms with Crippen LogP contribution in [-0.4, -0.2) is 29.4 Å². The van der Waals surface area contributed by atoms with Crippen LogP contribution in [0.5, 0.6) is 5.75 Å². The van der Waals surface area contributed by atoms with Gasteiger partial charge in [0.05, 0.1) is 7.11 Å². The third-order valence-corrected chi connectivity index (χ3v) is 3.86. The van der Waals surface area contributed by atoms with E-state index >= 15 is 0 Å². The highest BCUT2D eigenvalue weighted by Crippen LogP contribution is 2.23. The maximum absolute atomic E-state index is 5.19. The summed E-state index contributed by atoms with van der Waals surface area (Å²) in [6.45, 7) is 3.03. The summed E-state index contributed by atoms with van der Waals surface area (Å²) in [5, 5.41) is 4.30. The van der Waals surface area contributed by atoms with E-state index in [0.29, 0.717) is 0 Å². The van der Waals surface area contributed by atoms with Crippen molar-refractivity contribution in [3.63, 3.8) is 0 Å². The molecule has 1 aromatic heterocycles. The van der Waals surface area contributed by atoms with Gasteiger partial charge in [-0.05, 0) is 30.3 Å². The van der Waals surface area contributed by atoms with Crippen molar-refractivity contribution in [3.05, 3.63) is 48.3 Å². The minimum Gasteiger partial charge on any atom is -0.497 e. The van der Waals surface area contributed by atoms with Crippen LogP contribution >= 0.6 is 11.8 Å². The zero-order chi connectivity index (χ0) is 14.2. The van der Waals surface area contributed by atoms with Crippen LogP contribution in [0.15, 0.2) is 47.9 Å². The summed E-state index contributed by atoms with van der Waals surface area (Å²) in [6.07, 6.45) is 3.54. The predicted octanol–water partition coefficient (Wildman–Crippen LogP) is 2.93. The van der Waals surface area contributed by atoms with Gasteiger partial charge < -0.3 is 10.1 Å². The van der Waals surface area contributed by atoms with Gasteiger partial charge in [-0.25, -0.2) is 9.97 Å². The number of nitrogens with one attached hydrogen (secondary N) is 1. The predicted molar refractivity (Wildman–Crippen MR) is 82.2 cm³/mol. The maximum atomic E-state index is 5.19. The van der Waals surface area contributed by atoms with E-state index in [2.05, 4.69) is 34.3 Å². The maximum Gasteiger partial charge on any atom is 0.187 e. The van der Waals surface area contributed by atoms with E-state index in [4.69, 9.17) is 4.74 Å². The van der Waals surface area contributed by atoms with Gasteiger partial charge >= 0.3 is 0 Å². The Morgan fingerprint density at radius 1 is 1.20 bits per heavy atom. The van der Waals surface area contributed by atoms with Gasteiger partial charge in [0.15, 0.2) is 5.16 Å². The average molecular weight is 289 g/mol. The molecule has 0 fully saturated rings. The van der Waals surface area contributed by atoms with Crippen molar-refractivity contribution in [3.8, 4) is 5.75 Å². The molecule has 0 saturated carbocycles. The minimum atomic E-state index is 0.278. The van der Waals surface area contributed by atoms with Crippen molar-refractivity contribution in [2.75, 3.05) is 19.4 Å². The molecule has 0 aliphatic rings. The Hall–Kier alpha value is -1.59. The quantitative estimate of drug-likeness (QED) is 0.627. The number of hydrogen-bond acceptors (Lipinski definition) is 5. The lowest BCUT2D eigenvalue weighted by Crippen LogP contribution is -2.23. The highest BCUT2D eigenvalue weighted by atomic mass is 32.2. The summed E-state index contributed by atoms with van der Waals surface area (Å²) < 4.78 is 5.19. The first-order valence-electron chi connectivity index (χ1n) is 6.60. The molecule has 0 amide bonds. The molecule has 1 unspecified atom stereocenters. The van der Waals surface area contributed by atoms with Crippen LogP contribution in [0.2, 0.25) is 0 Å². The van der Waals surface area contributed by atoms with E-state index in [-0.39, 0.29) is 6.04 Å². The zero-order valence-electron chi connectivity index (χ0n) is 11.7. The number of thioether (sulfide) groups is 1. The monoisotopic (exact) mass is 289 g/mol. The van der Waals surface area contributed by atoms with Crippen molar-refractivity contribution in [2.24, 2.45) is 0 Å². The number of benzene rings is 1. The largest absolute Gasteiger partial charge is 0.497 e. The molecule has 5 heteroatoms. The van der Waals surface area contributed by atoms with Crippen molar-refractivity contribution in [1.82, 2.24) is 15.3 Å². The summed E-state index contributed by atoms with van der Waals surface area (Å²) in [7, 11) is 1.68. The number of nitrogens with zero attached hydrogens (tertiary/aromatic N) is 2. The summed E-state index contributed by atoms with van der Waals surface area (Å²) in [6, 6.07) is 10.3. The molecule has 106 valence electrons. The molecule has 1 N–H and O–H groups in total. The molecule has 0 bridgehead atoms. The van der Waals surface area contributed by atoms with Crippen molar-refractivity contribution >= 4 is 11.8 Å². The molecule has 1 heterocycles. The number of hydrogen-bond donors (Lipinski definition) is 1. The first kappa shape index (κ1) is 14.8. The Morgan fingerprint density at radius 3 is 2.50 bits per heavy atom. The van der Waals surface area contributed by atoms with Crippen LogP contribution in [0.1, 0.15) is 18.5 Å². The number of ether oxygens (including phenoxy) is 1. The van der Waals surface area contributed by atoms with Gasteiger partial charge in [0.1, 0.15) is 5.75 Å². The third kappa shape index (κ3) is 4.21. The molecule has 0 saturated heterocycles.